The predicted molar refractivity (Wildman–Crippen MR) is 203 cm³/mol. The molecule has 2 aromatic rings. The van der Waals surface area contributed by atoms with E-state index in [1.165, 1.54) is 11.1 Å². The van der Waals surface area contributed by atoms with Gasteiger partial charge in [0.2, 0.25) is 0 Å². The zero-order valence-corrected chi connectivity index (χ0v) is 31.2. The highest BCUT2D eigenvalue weighted by molar-refractivity contribution is 5.85. The Morgan fingerprint density at radius 2 is 1.08 bits per heavy atom. The van der Waals surface area contributed by atoms with E-state index in [2.05, 4.69) is 58.0 Å². The summed E-state index contributed by atoms with van der Waals surface area (Å²) < 4.78 is 10.9. The maximum Gasteiger partial charge on any atom is 0.127 e. The number of aromatic hydroxyl groups is 2. The van der Waals surface area contributed by atoms with Crippen LogP contribution in [0.3, 0.4) is 0 Å². The van der Waals surface area contributed by atoms with Crippen LogP contribution < -0.4 is 0 Å². The summed E-state index contributed by atoms with van der Waals surface area (Å²) in [4.78, 5) is 19.7. The van der Waals surface area contributed by atoms with Crippen molar-refractivity contribution in [3.8, 4) is 11.5 Å². The minimum atomic E-state index is 0.0373. The largest absolute Gasteiger partial charge is 0.507 e. The average Bonchev–Trinajstić information content (AvgIpc) is 3.11. The highest BCUT2D eigenvalue weighted by Crippen LogP contribution is 2.28. The summed E-state index contributed by atoms with van der Waals surface area (Å²) in [6.07, 6.45) is 10.1. The van der Waals surface area contributed by atoms with E-state index < -0.39 is 0 Å². The van der Waals surface area contributed by atoms with Gasteiger partial charge in [-0.3, -0.25) is 19.8 Å². The minimum absolute atomic E-state index is 0.0373. The molecule has 2 saturated heterocycles. The summed E-state index contributed by atoms with van der Waals surface area (Å²) in [6, 6.07) is 8.41. The normalized spacial score (nSPS) is 21.3. The van der Waals surface area contributed by atoms with Crippen LogP contribution in [-0.2, 0) is 22.6 Å². The van der Waals surface area contributed by atoms with E-state index >= 15 is 0 Å². The van der Waals surface area contributed by atoms with Crippen LogP contribution in [0.15, 0.2) is 34.3 Å². The highest BCUT2D eigenvalue weighted by atomic mass is 16.5. The van der Waals surface area contributed by atoms with Crippen LogP contribution in [0.1, 0.15) is 71.9 Å². The second-order valence-corrected chi connectivity index (χ2v) is 14.8. The predicted octanol–water partition coefficient (Wildman–Crippen LogP) is 4.87. The summed E-state index contributed by atoms with van der Waals surface area (Å²) in [7, 11) is 4.34. The van der Waals surface area contributed by atoms with Gasteiger partial charge in [-0.05, 0) is 114 Å². The summed E-state index contributed by atoms with van der Waals surface area (Å²) in [5.41, 5.74) is 5.65. The maximum atomic E-state index is 11.0. The van der Waals surface area contributed by atoms with Gasteiger partial charge in [-0.2, -0.15) is 0 Å². The first-order valence-electron chi connectivity index (χ1n) is 18.9. The number of morpholine rings is 2. The van der Waals surface area contributed by atoms with Crippen LogP contribution >= 0.6 is 0 Å². The zero-order chi connectivity index (χ0) is 35.3. The summed E-state index contributed by atoms with van der Waals surface area (Å²) in [5.74, 6) is 0.596. The Bertz CT molecular complexity index is 1300. The number of phenolic OH excluding ortho intramolecular Hbond substituents is 2. The van der Waals surface area contributed by atoms with Crippen LogP contribution in [0.25, 0.3) is 0 Å². The number of aryl methyl sites for hydroxylation is 2. The lowest BCUT2D eigenvalue weighted by atomic mass is 9.91. The number of benzene rings is 2. The van der Waals surface area contributed by atoms with Gasteiger partial charge in [0.1, 0.15) is 11.5 Å². The van der Waals surface area contributed by atoms with Gasteiger partial charge in [0.05, 0.1) is 38.5 Å². The molecule has 10 heteroatoms. The molecule has 2 N–H and O–H groups in total. The topological polar surface area (TPSA) is 96.6 Å². The third-order valence-corrected chi connectivity index (χ3v) is 10.4. The molecular weight excluding hydrogens is 628 g/mol. The first-order valence-corrected chi connectivity index (χ1v) is 18.9. The standard InChI is InChI=1S/C40H62N6O4/c1-31-23-33(29-43(3)11-7-13-45-15-19-49-20-16-45)25-35(39(31)47)27-41-37-9-5-6-10-38(37)42-28-36-26-34(24-32(2)40(36)48)30-44(4)12-8-14-46-17-21-50-22-18-46/h23-28,37-38,47-48H,5-22,29-30H2,1-4H3/b41-27+,42-28+/t37-,38-/m1/s1. The Kier molecular flexibility index (Phi) is 15.1. The van der Waals surface area contributed by atoms with Gasteiger partial charge < -0.3 is 29.5 Å². The number of phenols is 2. The van der Waals surface area contributed by atoms with Crippen molar-refractivity contribution in [2.45, 2.75) is 77.5 Å². The molecule has 0 aromatic heterocycles. The van der Waals surface area contributed by atoms with Gasteiger partial charge in [-0.1, -0.05) is 25.0 Å². The lowest BCUT2D eigenvalue weighted by Gasteiger charge is -2.27. The van der Waals surface area contributed by atoms with Gasteiger partial charge >= 0.3 is 0 Å². The van der Waals surface area contributed by atoms with Crippen molar-refractivity contribution in [1.82, 2.24) is 19.6 Å². The van der Waals surface area contributed by atoms with Crippen LogP contribution in [0.4, 0.5) is 0 Å². The molecular formula is C40H62N6O4. The van der Waals surface area contributed by atoms with E-state index in [1.807, 2.05) is 26.3 Å². The Hall–Kier alpha value is -2.86. The third kappa shape index (κ3) is 11.9. The lowest BCUT2D eigenvalue weighted by Crippen LogP contribution is -2.37. The number of nitrogens with zero attached hydrogens (tertiary/aromatic N) is 6. The lowest BCUT2D eigenvalue weighted by molar-refractivity contribution is 0.0363. The van der Waals surface area contributed by atoms with Crippen molar-refractivity contribution in [3.05, 3.63) is 57.6 Å². The van der Waals surface area contributed by atoms with Crippen LogP contribution in [0, 0.1) is 13.8 Å². The van der Waals surface area contributed by atoms with Crippen molar-refractivity contribution in [3.63, 3.8) is 0 Å². The van der Waals surface area contributed by atoms with Gasteiger partial charge in [0.15, 0.2) is 0 Å². The van der Waals surface area contributed by atoms with E-state index in [9.17, 15) is 10.2 Å². The molecule has 0 spiro atoms. The molecule has 5 rings (SSSR count). The first-order chi connectivity index (χ1) is 24.2. The Morgan fingerprint density at radius 3 is 1.48 bits per heavy atom. The first kappa shape index (κ1) is 38.4. The van der Waals surface area contributed by atoms with Crippen LogP contribution in [0.5, 0.6) is 11.5 Å². The monoisotopic (exact) mass is 690 g/mol. The van der Waals surface area contributed by atoms with E-state index in [0.717, 1.165) is 153 Å². The number of hydrogen-bond acceptors (Lipinski definition) is 10. The molecule has 10 nitrogen and oxygen atoms in total. The summed E-state index contributed by atoms with van der Waals surface area (Å²) >= 11 is 0. The number of ether oxygens (including phenoxy) is 2. The van der Waals surface area contributed by atoms with Gasteiger partial charge in [0.25, 0.3) is 0 Å². The van der Waals surface area contributed by atoms with E-state index in [4.69, 9.17) is 19.5 Å². The molecule has 0 bridgehead atoms. The fourth-order valence-electron chi connectivity index (χ4n) is 7.50. The van der Waals surface area contributed by atoms with Crippen LogP contribution in [-0.4, -0.2) is 147 Å². The molecule has 50 heavy (non-hydrogen) atoms. The third-order valence-electron chi connectivity index (χ3n) is 10.4. The molecule has 0 radical (unpaired) electrons. The fraction of sp³-hybridized carbons (Fsp3) is 0.650. The molecule has 2 aromatic carbocycles. The van der Waals surface area contributed by atoms with Gasteiger partial charge in [0, 0.05) is 62.8 Å². The number of aliphatic imine (C=N–C) groups is 2. The molecule has 2 heterocycles. The van der Waals surface area contributed by atoms with E-state index in [0.29, 0.717) is 11.5 Å². The van der Waals surface area contributed by atoms with Crippen molar-refractivity contribution >= 4 is 12.4 Å². The van der Waals surface area contributed by atoms with Crippen molar-refractivity contribution < 1.29 is 19.7 Å². The average molecular weight is 691 g/mol. The highest BCUT2D eigenvalue weighted by Gasteiger charge is 2.24. The van der Waals surface area contributed by atoms with Crippen LogP contribution in [0.2, 0.25) is 0 Å². The second kappa shape index (κ2) is 19.7. The zero-order valence-electron chi connectivity index (χ0n) is 31.2. The molecule has 276 valence electrons. The van der Waals surface area contributed by atoms with Crippen molar-refractivity contribution in [2.75, 3.05) is 92.9 Å². The van der Waals surface area contributed by atoms with Crippen molar-refractivity contribution in [1.29, 1.82) is 0 Å². The fourth-order valence-corrected chi connectivity index (χ4v) is 7.50. The maximum absolute atomic E-state index is 11.0. The smallest absolute Gasteiger partial charge is 0.127 e. The quantitative estimate of drug-likeness (QED) is 0.241. The van der Waals surface area contributed by atoms with Gasteiger partial charge in [-0.25, -0.2) is 0 Å². The molecule has 1 saturated carbocycles. The number of hydrogen-bond donors (Lipinski definition) is 2. The Balaban J connectivity index is 1.17. The molecule has 2 aliphatic heterocycles. The molecule has 3 aliphatic rings. The molecule has 1 aliphatic carbocycles. The molecule has 0 unspecified atom stereocenters. The summed E-state index contributed by atoms with van der Waals surface area (Å²) in [6.45, 7) is 17.3. The van der Waals surface area contributed by atoms with E-state index in [-0.39, 0.29) is 12.1 Å². The SMILES string of the molecule is Cc1cc(CN(C)CCCN2CCOCC2)cc(/C=N/[C@@H]2CCCC[C@H]2/N=C/c2cc(CN(C)CCCN3CCOCC3)cc(C)c2O)c1O. The second-order valence-electron chi connectivity index (χ2n) is 14.8. The number of rotatable bonds is 16. The van der Waals surface area contributed by atoms with E-state index in [1.54, 1.807) is 0 Å². The Labute approximate surface area is 300 Å². The minimum Gasteiger partial charge on any atom is -0.507 e. The molecule has 0 amide bonds. The molecule has 3 fully saturated rings. The molecule has 2 atom stereocenters. The Morgan fingerprint density at radius 1 is 0.680 bits per heavy atom. The van der Waals surface area contributed by atoms with Gasteiger partial charge in [-0.15, -0.1) is 0 Å². The summed E-state index contributed by atoms with van der Waals surface area (Å²) in [5, 5.41) is 21.9. The van der Waals surface area contributed by atoms with Crippen molar-refractivity contribution in [2.24, 2.45) is 9.98 Å².